The molecule has 22 heavy (non-hydrogen) atoms. The Bertz CT molecular complexity index is 849. The predicted molar refractivity (Wildman–Crippen MR) is 85.7 cm³/mol. The molecule has 4 nitrogen and oxygen atoms in total. The largest absolute Gasteiger partial charge is 0.439 e. The van der Waals surface area contributed by atoms with Crippen LogP contribution in [0.2, 0.25) is 5.28 Å². The molecule has 3 aromatic rings. The third-order valence-electron chi connectivity index (χ3n) is 3.30. The Morgan fingerprint density at radius 3 is 2.86 bits per heavy atom. The summed E-state index contributed by atoms with van der Waals surface area (Å²) >= 11 is 5.74. The second-order valence-corrected chi connectivity index (χ2v) is 5.07. The predicted octanol–water partition coefficient (Wildman–Crippen LogP) is 4.67. The van der Waals surface area contributed by atoms with Crippen molar-refractivity contribution in [2.75, 3.05) is 0 Å². The van der Waals surface area contributed by atoms with Crippen molar-refractivity contribution >= 4 is 28.2 Å². The Kier molecular flexibility index (Phi) is 4.02. The smallest absolute Gasteiger partial charge is 0.225 e. The number of ketones is 1. The number of hydrogen-bond donors (Lipinski definition) is 0. The van der Waals surface area contributed by atoms with Crippen molar-refractivity contribution in [3.05, 3.63) is 59.5 Å². The molecule has 0 radical (unpaired) electrons. The van der Waals surface area contributed by atoms with Gasteiger partial charge in [0, 0.05) is 24.2 Å². The molecular formula is C17H13ClN2O2. The maximum absolute atomic E-state index is 12.0. The fraction of sp³-hybridized carbons (Fsp3) is 0.118. The van der Waals surface area contributed by atoms with Gasteiger partial charge in [-0.05, 0) is 40.6 Å². The maximum atomic E-state index is 12.0. The molecule has 0 saturated carbocycles. The van der Waals surface area contributed by atoms with Gasteiger partial charge in [-0.25, -0.2) is 4.98 Å². The van der Waals surface area contributed by atoms with Gasteiger partial charge < -0.3 is 4.74 Å². The molecule has 0 N–H and O–H groups in total. The van der Waals surface area contributed by atoms with Crippen molar-refractivity contribution in [1.82, 2.24) is 9.97 Å². The number of rotatable bonds is 4. The van der Waals surface area contributed by atoms with E-state index >= 15 is 0 Å². The monoisotopic (exact) mass is 312 g/mol. The van der Waals surface area contributed by atoms with Gasteiger partial charge in [0.1, 0.15) is 5.75 Å². The van der Waals surface area contributed by atoms with Gasteiger partial charge in [-0.3, -0.25) is 4.79 Å². The lowest BCUT2D eigenvalue weighted by atomic mass is 10.00. The number of halogens is 1. The van der Waals surface area contributed by atoms with E-state index in [1.54, 1.807) is 6.07 Å². The Labute approximate surface area is 132 Å². The first-order valence-electron chi connectivity index (χ1n) is 6.90. The summed E-state index contributed by atoms with van der Waals surface area (Å²) in [5.74, 6) is 1.13. The van der Waals surface area contributed by atoms with E-state index in [9.17, 15) is 4.79 Å². The standard InChI is InChI=1S/C17H13ClN2O2/c1-2-15(21)14-5-3-4-11-10-12(6-7-13(11)14)22-16-8-9-19-17(18)20-16/h3-10H,2H2,1H3. The van der Waals surface area contributed by atoms with Crippen LogP contribution in [0, 0.1) is 0 Å². The Morgan fingerprint density at radius 2 is 2.09 bits per heavy atom. The number of hydrogen-bond acceptors (Lipinski definition) is 4. The lowest BCUT2D eigenvalue weighted by Crippen LogP contribution is -1.97. The first-order valence-corrected chi connectivity index (χ1v) is 7.27. The van der Waals surface area contributed by atoms with Gasteiger partial charge in [0.2, 0.25) is 11.2 Å². The molecule has 2 aromatic carbocycles. The zero-order valence-corrected chi connectivity index (χ0v) is 12.7. The van der Waals surface area contributed by atoms with Crippen molar-refractivity contribution in [2.45, 2.75) is 13.3 Å². The van der Waals surface area contributed by atoms with Gasteiger partial charge in [0.25, 0.3) is 0 Å². The number of nitrogens with zero attached hydrogens (tertiary/aromatic N) is 2. The summed E-state index contributed by atoms with van der Waals surface area (Å²) in [5, 5.41) is 1.99. The quantitative estimate of drug-likeness (QED) is 0.519. The number of Topliss-reactive ketones (excluding diaryl/α,β-unsaturated/α-hetero) is 1. The number of ether oxygens (including phenoxy) is 1. The Morgan fingerprint density at radius 1 is 1.23 bits per heavy atom. The molecule has 0 amide bonds. The number of aromatic nitrogens is 2. The summed E-state index contributed by atoms with van der Waals surface area (Å²) in [7, 11) is 0. The van der Waals surface area contributed by atoms with E-state index in [0.29, 0.717) is 18.1 Å². The molecule has 110 valence electrons. The van der Waals surface area contributed by atoms with Gasteiger partial charge in [0.05, 0.1) is 0 Å². The van der Waals surface area contributed by atoms with Crippen molar-refractivity contribution in [2.24, 2.45) is 0 Å². The molecule has 0 aliphatic heterocycles. The lowest BCUT2D eigenvalue weighted by molar-refractivity contribution is 0.0989. The molecule has 0 bridgehead atoms. The molecular weight excluding hydrogens is 300 g/mol. The minimum atomic E-state index is 0.127. The fourth-order valence-corrected chi connectivity index (χ4v) is 2.40. The van der Waals surface area contributed by atoms with Crippen LogP contribution in [0.25, 0.3) is 10.8 Å². The molecule has 0 fully saturated rings. The highest BCUT2D eigenvalue weighted by Gasteiger charge is 2.09. The Balaban J connectivity index is 1.98. The van der Waals surface area contributed by atoms with Crippen molar-refractivity contribution in [3.63, 3.8) is 0 Å². The number of carbonyl (C=O) groups is 1. The lowest BCUT2D eigenvalue weighted by Gasteiger charge is -2.08. The van der Waals surface area contributed by atoms with Crippen LogP contribution >= 0.6 is 11.6 Å². The van der Waals surface area contributed by atoms with E-state index in [1.165, 1.54) is 6.20 Å². The summed E-state index contributed by atoms with van der Waals surface area (Å²) < 4.78 is 5.67. The molecule has 1 aromatic heterocycles. The first kappa shape index (κ1) is 14.5. The van der Waals surface area contributed by atoms with Crippen LogP contribution in [0.5, 0.6) is 11.6 Å². The average Bonchev–Trinajstić information content (AvgIpc) is 2.53. The van der Waals surface area contributed by atoms with Crippen LogP contribution in [0.1, 0.15) is 23.7 Å². The minimum absolute atomic E-state index is 0.127. The van der Waals surface area contributed by atoms with Crippen LogP contribution in [0.4, 0.5) is 0 Å². The summed E-state index contributed by atoms with van der Waals surface area (Å²) in [5.41, 5.74) is 0.733. The van der Waals surface area contributed by atoms with E-state index in [1.807, 2.05) is 43.3 Å². The van der Waals surface area contributed by atoms with Crippen LogP contribution < -0.4 is 4.74 Å². The van der Waals surface area contributed by atoms with E-state index in [4.69, 9.17) is 16.3 Å². The van der Waals surface area contributed by atoms with Gasteiger partial charge >= 0.3 is 0 Å². The molecule has 0 aliphatic rings. The molecule has 0 saturated heterocycles. The van der Waals surface area contributed by atoms with Crippen LogP contribution in [-0.2, 0) is 0 Å². The van der Waals surface area contributed by atoms with Crippen LogP contribution in [0.3, 0.4) is 0 Å². The highest BCUT2D eigenvalue weighted by molar-refractivity contribution is 6.28. The van der Waals surface area contributed by atoms with E-state index in [-0.39, 0.29) is 11.1 Å². The molecule has 3 rings (SSSR count). The topological polar surface area (TPSA) is 52.1 Å². The second kappa shape index (κ2) is 6.12. The van der Waals surface area contributed by atoms with Crippen LogP contribution in [-0.4, -0.2) is 15.8 Å². The van der Waals surface area contributed by atoms with Crippen molar-refractivity contribution < 1.29 is 9.53 Å². The van der Waals surface area contributed by atoms with Gasteiger partial charge in [-0.2, -0.15) is 4.98 Å². The van der Waals surface area contributed by atoms with Gasteiger partial charge in [-0.15, -0.1) is 0 Å². The molecule has 0 unspecified atom stereocenters. The Hall–Kier alpha value is -2.46. The second-order valence-electron chi connectivity index (χ2n) is 4.73. The molecule has 0 atom stereocenters. The van der Waals surface area contributed by atoms with Crippen molar-refractivity contribution in [3.8, 4) is 11.6 Å². The average molecular weight is 313 g/mol. The third kappa shape index (κ3) is 2.92. The normalized spacial score (nSPS) is 10.6. The summed E-state index contributed by atoms with van der Waals surface area (Å²) in [4.78, 5) is 19.8. The third-order valence-corrected chi connectivity index (χ3v) is 3.48. The SMILES string of the molecule is CCC(=O)c1cccc2cc(Oc3ccnc(Cl)n3)ccc12. The van der Waals surface area contributed by atoms with E-state index in [0.717, 1.165) is 16.3 Å². The minimum Gasteiger partial charge on any atom is -0.439 e. The van der Waals surface area contributed by atoms with Crippen LogP contribution in [0.15, 0.2) is 48.7 Å². The zero-order valence-electron chi connectivity index (χ0n) is 11.9. The fourth-order valence-electron chi connectivity index (χ4n) is 2.26. The molecule has 1 heterocycles. The molecule has 0 aliphatic carbocycles. The van der Waals surface area contributed by atoms with Crippen molar-refractivity contribution in [1.29, 1.82) is 0 Å². The first-order chi connectivity index (χ1) is 10.7. The summed E-state index contributed by atoms with van der Waals surface area (Å²) in [6, 6.07) is 12.9. The maximum Gasteiger partial charge on any atom is 0.225 e. The highest BCUT2D eigenvalue weighted by atomic mass is 35.5. The summed E-state index contributed by atoms with van der Waals surface area (Å²) in [6.07, 6.45) is 2.01. The molecule has 5 heteroatoms. The van der Waals surface area contributed by atoms with E-state index < -0.39 is 0 Å². The van der Waals surface area contributed by atoms with Gasteiger partial charge in [0.15, 0.2) is 5.78 Å². The number of fused-ring (bicyclic) bond motifs is 1. The van der Waals surface area contributed by atoms with E-state index in [2.05, 4.69) is 9.97 Å². The zero-order chi connectivity index (χ0) is 15.5. The molecule has 0 spiro atoms. The number of carbonyl (C=O) groups excluding carboxylic acids is 1. The summed E-state index contributed by atoms with van der Waals surface area (Å²) in [6.45, 7) is 1.86. The highest BCUT2D eigenvalue weighted by Crippen LogP contribution is 2.27. The van der Waals surface area contributed by atoms with Gasteiger partial charge in [-0.1, -0.05) is 25.1 Å². The number of benzene rings is 2.